The molecule has 6 heteroatoms. The summed E-state index contributed by atoms with van der Waals surface area (Å²) in [4.78, 5) is 37.0. The normalized spacial score (nSPS) is 9.83. The van der Waals surface area contributed by atoms with Crippen LogP contribution in [0.15, 0.2) is 12.2 Å². The molecule has 0 aromatic carbocycles. The van der Waals surface area contributed by atoms with E-state index in [0.717, 1.165) is 12.2 Å². The molecule has 0 heterocycles. The first-order valence-electron chi connectivity index (χ1n) is 2.88. The maximum absolute atomic E-state index is 10.5. The first-order valence-corrected chi connectivity index (χ1v) is 2.88. The summed E-state index contributed by atoms with van der Waals surface area (Å²) in [6.07, 6.45) is 1.68. The SMILES string of the molecule is COOC(=O)/C=C\C(=O)OOC. The molecule has 0 amide bonds. The van der Waals surface area contributed by atoms with E-state index in [-0.39, 0.29) is 0 Å². The van der Waals surface area contributed by atoms with Crippen LogP contribution in [0, 0.1) is 0 Å². The van der Waals surface area contributed by atoms with Gasteiger partial charge in [0.25, 0.3) is 0 Å². The third-order valence-corrected chi connectivity index (χ3v) is 0.686. The van der Waals surface area contributed by atoms with Crippen LogP contribution in [0.3, 0.4) is 0 Å². The summed E-state index contributed by atoms with van der Waals surface area (Å²) in [5.41, 5.74) is 0. The summed E-state index contributed by atoms with van der Waals surface area (Å²) in [5, 5.41) is 0. The van der Waals surface area contributed by atoms with Crippen LogP contribution in [-0.2, 0) is 29.1 Å². The van der Waals surface area contributed by atoms with Crippen LogP contribution in [0.1, 0.15) is 0 Å². The van der Waals surface area contributed by atoms with E-state index in [2.05, 4.69) is 19.6 Å². The zero-order chi connectivity index (χ0) is 9.40. The predicted octanol–water partition coefficient (Wildman–Crippen LogP) is -0.248. The molecular weight excluding hydrogens is 168 g/mol. The number of carbonyl (C=O) groups is 2. The molecule has 0 radical (unpaired) electrons. The Balaban J connectivity index is 3.73. The van der Waals surface area contributed by atoms with Crippen molar-refractivity contribution in [2.24, 2.45) is 0 Å². The third-order valence-electron chi connectivity index (χ3n) is 0.686. The lowest BCUT2D eigenvalue weighted by Crippen LogP contribution is -2.02. The van der Waals surface area contributed by atoms with Gasteiger partial charge in [-0.05, 0) is 0 Å². The monoisotopic (exact) mass is 176 g/mol. The van der Waals surface area contributed by atoms with Crippen LogP contribution in [0.2, 0.25) is 0 Å². The first-order chi connectivity index (χ1) is 5.70. The largest absolute Gasteiger partial charge is 0.366 e. The van der Waals surface area contributed by atoms with E-state index in [0.29, 0.717) is 0 Å². The third kappa shape index (κ3) is 5.39. The van der Waals surface area contributed by atoms with Crippen LogP contribution in [0.4, 0.5) is 0 Å². The molecule has 12 heavy (non-hydrogen) atoms. The van der Waals surface area contributed by atoms with Gasteiger partial charge in [0.1, 0.15) is 0 Å². The molecule has 0 aliphatic rings. The number of hydrogen-bond donors (Lipinski definition) is 0. The Kier molecular flexibility index (Phi) is 5.58. The van der Waals surface area contributed by atoms with E-state index in [1.54, 1.807) is 0 Å². The zero-order valence-electron chi connectivity index (χ0n) is 6.60. The molecular formula is C6H8O6. The number of carbonyl (C=O) groups excluding carboxylic acids is 2. The smallest absolute Gasteiger partial charge is 0.294 e. The van der Waals surface area contributed by atoms with E-state index in [1.807, 2.05) is 0 Å². The maximum Gasteiger partial charge on any atom is 0.366 e. The number of rotatable bonds is 4. The van der Waals surface area contributed by atoms with E-state index >= 15 is 0 Å². The van der Waals surface area contributed by atoms with Gasteiger partial charge in [-0.2, -0.15) is 9.78 Å². The van der Waals surface area contributed by atoms with Gasteiger partial charge in [0.15, 0.2) is 0 Å². The van der Waals surface area contributed by atoms with Gasteiger partial charge in [0.2, 0.25) is 0 Å². The molecule has 0 saturated heterocycles. The molecule has 0 unspecified atom stereocenters. The van der Waals surface area contributed by atoms with Gasteiger partial charge >= 0.3 is 11.9 Å². The van der Waals surface area contributed by atoms with Gasteiger partial charge in [0, 0.05) is 12.2 Å². The average Bonchev–Trinajstić information content (AvgIpc) is 2.02. The van der Waals surface area contributed by atoms with Crippen LogP contribution >= 0.6 is 0 Å². The average molecular weight is 176 g/mol. The van der Waals surface area contributed by atoms with Crippen molar-refractivity contribution in [3.63, 3.8) is 0 Å². The van der Waals surface area contributed by atoms with Crippen molar-refractivity contribution in [1.82, 2.24) is 0 Å². The summed E-state index contributed by atoms with van der Waals surface area (Å²) >= 11 is 0. The lowest BCUT2D eigenvalue weighted by molar-refractivity contribution is -0.251. The van der Waals surface area contributed by atoms with Gasteiger partial charge in [-0.3, -0.25) is 9.78 Å². The fourth-order valence-corrected chi connectivity index (χ4v) is 0.356. The van der Waals surface area contributed by atoms with E-state index in [4.69, 9.17) is 0 Å². The molecule has 0 rings (SSSR count). The molecule has 0 aliphatic heterocycles. The van der Waals surface area contributed by atoms with E-state index in [1.165, 1.54) is 14.2 Å². The molecule has 68 valence electrons. The van der Waals surface area contributed by atoms with E-state index in [9.17, 15) is 9.59 Å². The molecule has 0 atom stereocenters. The highest BCUT2D eigenvalue weighted by atomic mass is 17.2. The lowest BCUT2D eigenvalue weighted by Gasteiger charge is -1.93. The summed E-state index contributed by atoms with van der Waals surface area (Å²) in [6, 6.07) is 0. The molecule has 0 bridgehead atoms. The van der Waals surface area contributed by atoms with Crippen LogP contribution < -0.4 is 0 Å². The fourth-order valence-electron chi connectivity index (χ4n) is 0.356. The molecule has 0 aliphatic carbocycles. The van der Waals surface area contributed by atoms with Gasteiger partial charge in [-0.1, -0.05) is 0 Å². The summed E-state index contributed by atoms with van der Waals surface area (Å²) in [5.74, 6) is -1.63. The molecule has 0 fully saturated rings. The molecule has 0 aromatic heterocycles. The highest BCUT2D eigenvalue weighted by molar-refractivity contribution is 5.91. The highest BCUT2D eigenvalue weighted by Gasteiger charge is 1.99. The Hall–Kier alpha value is -1.40. The van der Waals surface area contributed by atoms with Crippen molar-refractivity contribution in [2.45, 2.75) is 0 Å². The molecule has 0 spiro atoms. The quantitative estimate of drug-likeness (QED) is 0.334. The zero-order valence-corrected chi connectivity index (χ0v) is 6.60. The lowest BCUT2D eigenvalue weighted by atomic mass is 10.5. The second kappa shape index (κ2) is 6.32. The van der Waals surface area contributed by atoms with E-state index < -0.39 is 11.9 Å². The van der Waals surface area contributed by atoms with Crippen molar-refractivity contribution in [1.29, 1.82) is 0 Å². The van der Waals surface area contributed by atoms with Crippen molar-refractivity contribution < 1.29 is 29.1 Å². The topological polar surface area (TPSA) is 71.1 Å². The van der Waals surface area contributed by atoms with Crippen molar-refractivity contribution in [3.05, 3.63) is 12.2 Å². The van der Waals surface area contributed by atoms with Gasteiger partial charge < -0.3 is 0 Å². The second-order valence-electron chi connectivity index (χ2n) is 1.47. The standard InChI is InChI=1S/C6H8O6/c1-9-11-5(7)3-4-6(8)12-10-2/h3-4H,1-2H3/b4-3-. The number of hydrogen-bond acceptors (Lipinski definition) is 6. The Bertz CT molecular complexity index is 164. The fraction of sp³-hybridized carbons (Fsp3) is 0.333. The molecule has 0 saturated carbocycles. The Morgan fingerprint density at radius 3 is 1.50 bits per heavy atom. The molecule has 6 nitrogen and oxygen atoms in total. The Labute approximate surface area is 68.5 Å². The minimum atomic E-state index is -0.814. The minimum absolute atomic E-state index is 0.814. The van der Waals surface area contributed by atoms with Crippen LogP contribution in [0.5, 0.6) is 0 Å². The summed E-state index contributed by atoms with van der Waals surface area (Å²) < 4.78 is 0. The minimum Gasteiger partial charge on any atom is -0.294 e. The maximum atomic E-state index is 10.5. The van der Waals surface area contributed by atoms with Crippen molar-refractivity contribution in [2.75, 3.05) is 14.2 Å². The van der Waals surface area contributed by atoms with Crippen LogP contribution in [0.25, 0.3) is 0 Å². The second-order valence-corrected chi connectivity index (χ2v) is 1.47. The highest BCUT2D eigenvalue weighted by Crippen LogP contribution is 1.84. The Morgan fingerprint density at radius 1 is 0.917 bits per heavy atom. The Morgan fingerprint density at radius 2 is 1.25 bits per heavy atom. The summed E-state index contributed by atoms with van der Waals surface area (Å²) in [7, 11) is 2.33. The first kappa shape index (κ1) is 10.6. The molecule has 0 N–H and O–H groups in total. The predicted molar refractivity (Wildman–Crippen MR) is 35.3 cm³/mol. The van der Waals surface area contributed by atoms with Gasteiger partial charge in [-0.15, -0.1) is 0 Å². The summed E-state index contributed by atoms with van der Waals surface area (Å²) in [6.45, 7) is 0. The van der Waals surface area contributed by atoms with Crippen molar-refractivity contribution >= 4 is 11.9 Å². The molecule has 0 aromatic rings. The van der Waals surface area contributed by atoms with Crippen LogP contribution in [-0.4, -0.2) is 26.2 Å². The van der Waals surface area contributed by atoms with Gasteiger partial charge in [0.05, 0.1) is 14.2 Å². The van der Waals surface area contributed by atoms with Gasteiger partial charge in [-0.25, -0.2) is 9.59 Å². The van der Waals surface area contributed by atoms with Crippen molar-refractivity contribution in [3.8, 4) is 0 Å².